The summed E-state index contributed by atoms with van der Waals surface area (Å²) in [4.78, 5) is 18.4. The van der Waals surface area contributed by atoms with Crippen LogP contribution in [0.4, 0.5) is 0 Å². The molecule has 0 unspecified atom stereocenters. The molecule has 0 atom stereocenters. The van der Waals surface area contributed by atoms with E-state index in [4.69, 9.17) is 21.1 Å². The lowest BCUT2D eigenvalue weighted by atomic mass is 10.2. The zero-order valence-electron chi connectivity index (χ0n) is 8.87. The average molecular weight is 377 g/mol. The van der Waals surface area contributed by atoms with E-state index in [1.165, 1.54) is 6.20 Å². The van der Waals surface area contributed by atoms with E-state index in [1.54, 1.807) is 12.1 Å². The third kappa shape index (κ3) is 1.95. The molecule has 5 nitrogen and oxygen atoms in total. The zero-order chi connectivity index (χ0) is 12.7. The summed E-state index contributed by atoms with van der Waals surface area (Å²) < 4.78 is 11.0. The number of nitrogens with one attached hydrogen (secondary N) is 1. The summed E-state index contributed by atoms with van der Waals surface area (Å²) in [5, 5.41) is 0.432. The van der Waals surface area contributed by atoms with E-state index in [0.717, 1.165) is 0 Å². The molecule has 92 valence electrons. The normalized spacial score (nSPS) is 12.8. The van der Waals surface area contributed by atoms with Gasteiger partial charge in [0.2, 0.25) is 6.79 Å². The molecular weight excluding hydrogens is 370 g/mol. The topological polar surface area (TPSA) is 64.2 Å². The second kappa shape index (κ2) is 4.43. The van der Waals surface area contributed by atoms with Crippen molar-refractivity contribution in [1.82, 2.24) is 9.97 Å². The predicted octanol–water partition coefficient (Wildman–Crippen LogP) is 2.42. The van der Waals surface area contributed by atoms with Crippen LogP contribution in [0.1, 0.15) is 0 Å². The third-order valence-electron chi connectivity index (χ3n) is 2.46. The Kier molecular flexibility index (Phi) is 2.90. The van der Waals surface area contributed by atoms with E-state index in [1.807, 2.05) is 22.6 Å². The fourth-order valence-corrected chi connectivity index (χ4v) is 2.17. The molecule has 0 fully saturated rings. The highest BCUT2D eigenvalue weighted by Crippen LogP contribution is 2.41. The molecule has 1 aliphatic rings. The largest absolute Gasteiger partial charge is 0.454 e. The SMILES string of the molecule is O=c1[nH]c(-c2cc(Cl)c3c(c2)OCO3)ncc1I. The Balaban J connectivity index is 2.15. The van der Waals surface area contributed by atoms with Crippen LogP contribution in [-0.2, 0) is 0 Å². The highest BCUT2D eigenvalue weighted by Gasteiger charge is 2.19. The van der Waals surface area contributed by atoms with E-state index in [0.29, 0.717) is 31.5 Å². The van der Waals surface area contributed by atoms with Crippen LogP contribution in [0.5, 0.6) is 11.5 Å². The standard InChI is InChI=1S/C11H6ClIN2O3/c12-6-1-5(2-8-9(6)18-4-17-8)10-14-3-7(13)11(16)15-10/h1-3H,4H2,(H,14,15,16). The molecule has 2 aromatic rings. The molecular formula is C11H6ClIN2O3. The first kappa shape index (κ1) is 11.8. The number of hydrogen-bond acceptors (Lipinski definition) is 4. The summed E-state index contributed by atoms with van der Waals surface area (Å²) >= 11 is 7.99. The Morgan fingerprint density at radius 3 is 3.00 bits per heavy atom. The number of rotatable bonds is 1. The Labute approximate surface area is 120 Å². The van der Waals surface area contributed by atoms with Gasteiger partial charge < -0.3 is 14.5 Å². The smallest absolute Gasteiger partial charge is 0.264 e. The van der Waals surface area contributed by atoms with Crippen molar-refractivity contribution in [3.63, 3.8) is 0 Å². The average Bonchev–Trinajstić information content (AvgIpc) is 2.81. The molecule has 2 heterocycles. The predicted molar refractivity (Wildman–Crippen MR) is 74.1 cm³/mol. The van der Waals surface area contributed by atoms with Gasteiger partial charge in [0, 0.05) is 11.8 Å². The maximum absolute atomic E-state index is 11.5. The van der Waals surface area contributed by atoms with Crippen LogP contribution >= 0.6 is 34.2 Å². The minimum Gasteiger partial charge on any atom is -0.454 e. The summed E-state index contributed by atoms with van der Waals surface area (Å²) in [6.07, 6.45) is 1.51. The minimum atomic E-state index is -0.186. The number of hydrogen-bond donors (Lipinski definition) is 1. The van der Waals surface area contributed by atoms with Gasteiger partial charge in [-0.15, -0.1) is 0 Å². The molecule has 0 aliphatic carbocycles. The fourth-order valence-electron chi connectivity index (χ4n) is 1.63. The van der Waals surface area contributed by atoms with Crippen molar-refractivity contribution < 1.29 is 9.47 Å². The van der Waals surface area contributed by atoms with Crippen molar-refractivity contribution in [2.45, 2.75) is 0 Å². The summed E-state index contributed by atoms with van der Waals surface area (Å²) in [5.74, 6) is 1.52. The van der Waals surface area contributed by atoms with E-state index < -0.39 is 0 Å². The van der Waals surface area contributed by atoms with E-state index in [2.05, 4.69) is 9.97 Å². The summed E-state index contributed by atoms with van der Waals surface area (Å²) in [5.41, 5.74) is 0.493. The third-order valence-corrected chi connectivity index (χ3v) is 3.51. The van der Waals surface area contributed by atoms with E-state index in [-0.39, 0.29) is 12.4 Å². The Hall–Kier alpha value is -1.28. The van der Waals surface area contributed by atoms with E-state index in [9.17, 15) is 4.79 Å². The maximum Gasteiger partial charge on any atom is 0.264 e. The van der Waals surface area contributed by atoms with Gasteiger partial charge in [-0.3, -0.25) is 4.79 Å². The van der Waals surface area contributed by atoms with Gasteiger partial charge in [0.25, 0.3) is 5.56 Å². The van der Waals surface area contributed by atoms with Crippen molar-refractivity contribution in [3.8, 4) is 22.9 Å². The second-order valence-corrected chi connectivity index (χ2v) is 5.17. The number of halogens is 2. The molecule has 1 aromatic heterocycles. The lowest BCUT2D eigenvalue weighted by Gasteiger charge is -2.04. The van der Waals surface area contributed by atoms with Crippen LogP contribution in [0.3, 0.4) is 0 Å². The van der Waals surface area contributed by atoms with Crippen LogP contribution in [0, 0.1) is 3.57 Å². The Bertz CT molecular complexity index is 686. The molecule has 0 saturated carbocycles. The molecule has 0 bridgehead atoms. The molecule has 3 rings (SSSR count). The summed E-state index contributed by atoms with van der Waals surface area (Å²) in [7, 11) is 0. The quantitative estimate of drug-likeness (QED) is 0.777. The van der Waals surface area contributed by atoms with Gasteiger partial charge in [0.1, 0.15) is 5.82 Å². The van der Waals surface area contributed by atoms with E-state index >= 15 is 0 Å². The molecule has 7 heteroatoms. The van der Waals surface area contributed by atoms with Gasteiger partial charge >= 0.3 is 0 Å². The highest BCUT2D eigenvalue weighted by atomic mass is 127. The van der Waals surface area contributed by atoms with Crippen LogP contribution in [0.15, 0.2) is 23.1 Å². The van der Waals surface area contributed by atoms with Gasteiger partial charge in [-0.1, -0.05) is 11.6 Å². The number of nitrogens with zero attached hydrogens (tertiary/aromatic N) is 1. The van der Waals surface area contributed by atoms with Crippen LogP contribution < -0.4 is 15.0 Å². The molecule has 1 aliphatic heterocycles. The van der Waals surface area contributed by atoms with Crippen molar-refractivity contribution in [3.05, 3.63) is 37.3 Å². The fraction of sp³-hybridized carbons (Fsp3) is 0.0909. The van der Waals surface area contributed by atoms with Crippen LogP contribution in [-0.4, -0.2) is 16.8 Å². The molecule has 0 amide bonds. The van der Waals surface area contributed by atoms with Gasteiger partial charge in [-0.2, -0.15) is 0 Å². The lowest BCUT2D eigenvalue weighted by molar-refractivity contribution is 0.174. The van der Waals surface area contributed by atoms with Crippen LogP contribution in [0.25, 0.3) is 11.4 Å². The van der Waals surface area contributed by atoms with Crippen LogP contribution in [0.2, 0.25) is 5.02 Å². The number of H-pyrrole nitrogens is 1. The van der Waals surface area contributed by atoms with Crippen molar-refractivity contribution in [1.29, 1.82) is 0 Å². The molecule has 18 heavy (non-hydrogen) atoms. The molecule has 0 radical (unpaired) electrons. The first-order valence-electron chi connectivity index (χ1n) is 4.99. The van der Waals surface area contributed by atoms with Crippen molar-refractivity contribution in [2.75, 3.05) is 6.79 Å². The lowest BCUT2D eigenvalue weighted by Crippen LogP contribution is -2.11. The van der Waals surface area contributed by atoms with Gasteiger partial charge in [0.15, 0.2) is 11.5 Å². The van der Waals surface area contributed by atoms with Gasteiger partial charge in [-0.05, 0) is 34.7 Å². The van der Waals surface area contributed by atoms with Crippen molar-refractivity contribution in [2.24, 2.45) is 0 Å². The molecule has 1 N–H and O–H groups in total. The van der Waals surface area contributed by atoms with Crippen molar-refractivity contribution >= 4 is 34.2 Å². The number of ether oxygens (including phenoxy) is 2. The minimum absolute atomic E-state index is 0.148. The number of fused-ring (bicyclic) bond motifs is 1. The number of aromatic amines is 1. The number of aromatic nitrogens is 2. The Morgan fingerprint density at radius 1 is 1.39 bits per heavy atom. The summed E-state index contributed by atoms with van der Waals surface area (Å²) in [6.45, 7) is 0.148. The second-order valence-electron chi connectivity index (χ2n) is 3.60. The molecule has 0 saturated heterocycles. The molecule has 1 aromatic carbocycles. The zero-order valence-corrected chi connectivity index (χ0v) is 11.8. The maximum atomic E-state index is 11.5. The summed E-state index contributed by atoms with van der Waals surface area (Å²) in [6, 6.07) is 3.42. The molecule has 0 spiro atoms. The van der Waals surface area contributed by atoms with Gasteiger partial charge in [-0.25, -0.2) is 4.98 Å². The number of benzene rings is 1. The Morgan fingerprint density at radius 2 is 2.22 bits per heavy atom. The first-order chi connectivity index (χ1) is 8.65. The first-order valence-corrected chi connectivity index (χ1v) is 6.45. The highest BCUT2D eigenvalue weighted by molar-refractivity contribution is 14.1. The van der Waals surface area contributed by atoms with Gasteiger partial charge in [0.05, 0.1) is 8.59 Å². The monoisotopic (exact) mass is 376 g/mol.